The zero-order valence-corrected chi connectivity index (χ0v) is 16.3. The van der Waals surface area contributed by atoms with Gasteiger partial charge in [0.15, 0.2) is 0 Å². The minimum Gasteiger partial charge on any atom is -0.481 e. The third kappa shape index (κ3) is 4.37. The van der Waals surface area contributed by atoms with Crippen LogP contribution in [-0.4, -0.2) is 44.9 Å². The van der Waals surface area contributed by atoms with Gasteiger partial charge >= 0.3 is 5.97 Å². The fourth-order valence-corrected chi connectivity index (χ4v) is 4.06. The van der Waals surface area contributed by atoms with Crippen molar-refractivity contribution in [3.05, 3.63) is 54.1 Å². The van der Waals surface area contributed by atoms with E-state index in [1.807, 2.05) is 0 Å². The second kappa shape index (κ2) is 7.92. The summed E-state index contributed by atoms with van der Waals surface area (Å²) in [5.74, 6) is -2.48. The molecule has 0 aromatic heterocycles. The van der Waals surface area contributed by atoms with Crippen LogP contribution < -0.4 is 14.9 Å². The summed E-state index contributed by atoms with van der Waals surface area (Å²) in [6.07, 6.45) is -0.0847. The summed E-state index contributed by atoms with van der Waals surface area (Å²) in [5, 5.41) is 11.5. The number of carboxylic acids is 1. The molecule has 1 unspecified atom stereocenters. The van der Waals surface area contributed by atoms with Crippen LogP contribution in [0.2, 0.25) is 0 Å². The Morgan fingerprint density at radius 2 is 1.83 bits per heavy atom. The Kier molecular flexibility index (Phi) is 5.55. The number of aliphatic carboxylic acids is 1. The molecule has 3 N–H and O–H groups in total. The molecule has 0 saturated carbocycles. The highest BCUT2D eigenvalue weighted by Gasteiger charge is 2.35. The molecule has 1 heterocycles. The fraction of sp³-hybridized carbons (Fsp3) is 0.211. The van der Waals surface area contributed by atoms with Gasteiger partial charge in [0.2, 0.25) is 5.91 Å². The molecule has 1 aliphatic rings. The molecular formula is C19H19N3O6S. The number of carbonyl (C=O) groups excluding carboxylic acids is 2. The molecule has 2 aromatic carbocycles. The fourth-order valence-electron chi connectivity index (χ4n) is 3.01. The van der Waals surface area contributed by atoms with Crippen LogP contribution in [0.25, 0.3) is 0 Å². The normalized spacial score (nSPS) is 16.5. The maximum Gasteiger partial charge on any atom is 0.308 e. The van der Waals surface area contributed by atoms with Crippen LogP contribution in [0.5, 0.6) is 0 Å². The largest absolute Gasteiger partial charge is 0.481 e. The molecule has 1 atom stereocenters. The van der Waals surface area contributed by atoms with E-state index in [4.69, 9.17) is 5.11 Å². The van der Waals surface area contributed by atoms with Crippen LogP contribution in [0.4, 0.5) is 11.4 Å². The van der Waals surface area contributed by atoms with Crippen molar-refractivity contribution in [2.24, 2.45) is 5.92 Å². The molecule has 2 aromatic rings. The minimum absolute atomic E-state index is 0.0342. The van der Waals surface area contributed by atoms with Gasteiger partial charge in [-0.2, -0.15) is 0 Å². The molecule has 29 heavy (non-hydrogen) atoms. The van der Waals surface area contributed by atoms with Crippen LogP contribution in [0.1, 0.15) is 16.8 Å². The molecular weight excluding hydrogens is 398 g/mol. The lowest BCUT2D eigenvalue weighted by molar-refractivity contribution is -0.141. The molecule has 1 aliphatic heterocycles. The molecule has 0 spiro atoms. The van der Waals surface area contributed by atoms with E-state index in [9.17, 15) is 22.8 Å². The van der Waals surface area contributed by atoms with Gasteiger partial charge in [-0.05, 0) is 42.5 Å². The Labute approximate surface area is 167 Å². The van der Waals surface area contributed by atoms with Gasteiger partial charge in [0, 0.05) is 37.0 Å². The minimum atomic E-state index is -3.92. The van der Waals surface area contributed by atoms with Gasteiger partial charge in [-0.25, -0.2) is 8.42 Å². The molecule has 0 aliphatic carbocycles. The number of carbonyl (C=O) groups is 3. The molecule has 3 rings (SSSR count). The van der Waals surface area contributed by atoms with E-state index in [0.29, 0.717) is 11.3 Å². The van der Waals surface area contributed by atoms with E-state index in [-0.39, 0.29) is 35.4 Å². The van der Waals surface area contributed by atoms with Crippen LogP contribution in [-0.2, 0) is 19.6 Å². The molecule has 152 valence electrons. The molecule has 0 bridgehead atoms. The lowest BCUT2D eigenvalue weighted by atomic mass is 10.1. The predicted molar refractivity (Wildman–Crippen MR) is 105 cm³/mol. The lowest BCUT2D eigenvalue weighted by Crippen LogP contribution is -2.25. The highest BCUT2D eigenvalue weighted by atomic mass is 32.2. The van der Waals surface area contributed by atoms with Crippen molar-refractivity contribution in [1.82, 2.24) is 5.32 Å². The number of anilines is 2. The number of rotatable bonds is 6. The van der Waals surface area contributed by atoms with Crippen molar-refractivity contribution in [2.45, 2.75) is 11.3 Å². The third-order valence-electron chi connectivity index (χ3n) is 4.54. The topological polar surface area (TPSA) is 133 Å². The summed E-state index contributed by atoms with van der Waals surface area (Å²) >= 11 is 0. The first-order valence-electron chi connectivity index (χ1n) is 8.69. The second-order valence-electron chi connectivity index (χ2n) is 6.50. The first kappa shape index (κ1) is 20.3. The van der Waals surface area contributed by atoms with Crippen LogP contribution in [0.15, 0.2) is 53.4 Å². The Morgan fingerprint density at radius 1 is 1.14 bits per heavy atom. The van der Waals surface area contributed by atoms with Gasteiger partial charge in [-0.3, -0.25) is 19.1 Å². The molecule has 1 fully saturated rings. The molecule has 0 radical (unpaired) electrons. The van der Waals surface area contributed by atoms with E-state index in [1.165, 1.54) is 48.3 Å². The van der Waals surface area contributed by atoms with Gasteiger partial charge in [0.1, 0.15) is 0 Å². The third-order valence-corrected chi connectivity index (χ3v) is 5.93. The van der Waals surface area contributed by atoms with Crippen molar-refractivity contribution >= 4 is 39.2 Å². The van der Waals surface area contributed by atoms with Crippen molar-refractivity contribution in [2.75, 3.05) is 23.2 Å². The van der Waals surface area contributed by atoms with Gasteiger partial charge in [0.05, 0.1) is 10.8 Å². The highest BCUT2D eigenvalue weighted by Crippen LogP contribution is 2.27. The highest BCUT2D eigenvalue weighted by molar-refractivity contribution is 7.92. The van der Waals surface area contributed by atoms with E-state index in [1.54, 1.807) is 12.1 Å². The Balaban J connectivity index is 1.78. The number of hydrogen-bond acceptors (Lipinski definition) is 5. The maximum atomic E-state index is 12.6. The van der Waals surface area contributed by atoms with Gasteiger partial charge in [0.25, 0.3) is 15.9 Å². The van der Waals surface area contributed by atoms with Crippen molar-refractivity contribution in [1.29, 1.82) is 0 Å². The zero-order chi connectivity index (χ0) is 21.2. The summed E-state index contributed by atoms with van der Waals surface area (Å²) in [6.45, 7) is 0.0464. The quantitative estimate of drug-likeness (QED) is 0.649. The zero-order valence-electron chi connectivity index (χ0n) is 15.5. The number of hydrogen-bond donors (Lipinski definition) is 3. The maximum absolute atomic E-state index is 12.6. The number of benzene rings is 2. The van der Waals surface area contributed by atoms with Crippen molar-refractivity contribution in [3.8, 4) is 0 Å². The van der Waals surface area contributed by atoms with E-state index < -0.39 is 21.9 Å². The second-order valence-corrected chi connectivity index (χ2v) is 8.19. The monoisotopic (exact) mass is 417 g/mol. The number of carboxylic acid groups (broad SMARTS) is 1. The summed E-state index contributed by atoms with van der Waals surface area (Å²) in [5.41, 5.74) is 0.970. The van der Waals surface area contributed by atoms with Crippen molar-refractivity contribution < 1.29 is 27.9 Å². The summed E-state index contributed by atoms with van der Waals surface area (Å²) < 4.78 is 27.6. The molecule has 9 nitrogen and oxygen atoms in total. The first-order valence-corrected chi connectivity index (χ1v) is 10.2. The number of nitrogens with zero attached hydrogens (tertiary/aromatic N) is 1. The van der Waals surface area contributed by atoms with Gasteiger partial charge < -0.3 is 15.3 Å². The van der Waals surface area contributed by atoms with Gasteiger partial charge in [-0.15, -0.1) is 0 Å². The van der Waals surface area contributed by atoms with E-state index in [2.05, 4.69) is 10.0 Å². The number of nitrogens with one attached hydrogen (secondary N) is 2. The molecule has 10 heteroatoms. The average molecular weight is 417 g/mol. The summed E-state index contributed by atoms with van der Waals surface area (Å²) in [6, 6.07) is 11.6. The lowest BCUT2D eigenvalue weighted by Gasteiger charge is -2.16. The molecule has 1 saturated heterocycles. The number of sulfonamides is 1. The van der Waals surface area contributed by atoms with Crippen LogP contribution in [0, 0.1) is 5.92 Å². The van der Waals surface area contributed by atoms with E-state index >= 15 is 0 Å². The SMILES string of the molecule is CNC(=O)c1cccc(NS(=O)(=O)c2ccc(N3CC(C(=O)O)CC3=O)cc2)c1. The standard InChI is InChI=1S/C19H19N3O6S/c1-20-18(24)12-3-2-4-14(9-12)21-29(27,28)16-7-5-15(6-8-16)22-11-13(19(25)26)10-17(22)23/h2-9,13,21H,10-11H2,1H3,(H,20,24)(H,25,26). The Hall–Kier alpha value is -3.40. The smallest absolute Gasteiger partial charge is 0.308 e. The Morgan fingerprint density at radius 3 is 2.41 bits per heavy atom. The van der Waals surface area contributed by atoms with Crippen LogP contribution in [0.3, 0.4) is 0 Å². The van der Waals surface area contributed by atoms with Crippen LogP contribution >= 0.6 is 0 Å². The molecule has 2 amide bonds. The summed E-state index contributed by atoms with van der Waals surface area (Å²) in [7, 11) is -2.44. The average Bonchev–Trinajstić information content (AvgIpc) is 3.09. The first-order chi connectivity index (χ1) is 13.7. The number of amides is 2. The predicted octanol–water partition coefficient (Wildman–Crippen LogP) is 1.28. The van der Waals surface area contributed by atoms with Crippen molar-refractivity contribution in [3.63, 3.8) is 0 Å². The summed E-state index contributed by atoms with van der Waals surface area (Å²) in [4.78, 5) is 36.1. The Bertz CT molecular complexity index is 1070. The van der Waals surface area contributed by atoms with Gasteiger partial charge in [-0.1, -0.05) is 6.07 Å². The van der Waals surface area contributed by atoms with E-state index in [0.717, 1.165) is 0 Å².